The van der Waals surface area contributed by atoms with Crippen molar-refractivity contribution in [2.75, 3.05) is 5.32 Å². The van der Waals surface area contributed by atoms with E-state index in [0.29, 0.717) is 6.54 Å². The van der Waals surface area contributed by atoms with E-state index in [4.69, 9.17) is 0 Å². The molecule has 4 heteroatoms. The standard InChI is InChI=1S/C18H15BrN2O/c19-15-8-3-5-13(11-15)12-20-18(22)21-17-10-4-7-14-6-1-2-9-16(14)17/h1-11H,12H2,(H2,20,21,22). The summed E-state index contributed by atoms with van der Waals surface area (Å²) in [6.45, 7) is 0.482. The van der Waals surface area contributed by atoms with Gasteiger partial charge < -0.3 is 10.6 Å². The van der Waals surface area contributed by atoms with Gasteiger partial charge in [0.2, 0.25) is 0 Å². The van der Waals surface area contributed by atoms with Crippen LogP contribution in [0, 0.1) is 0 Å². The van der Waals surface area contributed by atoms with Gasteiger partial charge in [0.15, 0.2) is 0 Å². The molecule has 0 heterocycles. The molecule has 3 aromatic rings. The van der Waals surface area contributed by atoms with Gasteiger partial charge in [-0.2, -0.15) is 0 Å². The van der Waals surface area contributed by atoms with E-state index >= 15 is 0 Å². The Morgan fingerprint density at radius 3 is 2.59 bits per heavy atom. The van der Waals surface area contributed by atoms with Crippen molar-refractivity contribution in [1.82, 2.24) is 5.32 Å². The van der Waals surface area contributed by atoms with Crippen LogP contribution in [0.3, 0.4) is 0 Å². The molecule has 0 fully saturated rings. The Morgan fingerprint density at radius 2 is 1.73 bits per heavy atom. The Kier molecular flexibility index (Phi) is 4.39. The van der Waals surface area contributed by atoms with Crippen molar-refractivity contribution >= 4 is 38.4 Å². The summed E-state index contributed by atoms with van der Waals surface area (Å²) in [7, 11) is 0. The molecule has 0 aliphatic carbocycles. The molecule has 3 rings (SSSR count). The number of hydrogen-bond donors (Lipinski definition) is 2. The smallest absolute Gasteiger partial charge is 0.319 e. The number of halogens is 1. The van der Waals surface area contributed by atoms with E-state index in [1.807, 2.05) is 66.7 Å². The average Bonchev–Trinajstić information content (AvgIpc) is 2.53. The van der Waals surface area contributed by atoms with Crippen molar-refractivity contribution in [1.29, 1.82) is 0 Å². The van der Waals surface area contributed by atoms with E-state index in [2.05, 4.69) is 26.6 Å². The highest BCUT2D eigenvalue weighted by Gasteiger charge is 2.05. The molecule has 2 N–H and O–H groups in total. The van der Waals surface area contributed by atoms with Crippen LogP contribution in [0.1, 0.15) is 5.56 Å². The first-order chi connectivity index (χ1) is 10.7. The van der Waals surface area contributed by atoms with E-state index in [-0.39, 0.29) is 6.03 Å². The third kappa shape index (κ3) is 3.46. The van der Waals surface area contributed by atoms with Crippen LogP contribution in [0.5, 0.6) is 0 Å². The summed E-state index contributed by atoms with van der Waals surface area (Å²) in [5.41, 5.74) is 1.85. The highest BCUT2D eigenvalue weighted by Crippen LogP contribution is 2.22. The van der Waals surface area contributed by atoms with Crippen LogP contribution in [0.25, 0.3) is 10.8 Å². The fourth-order valence-electron chi connectivity index (χ4n) is 2.33. The van der Waals surface area contributed by atoms with Crippen LogP contribution in [-0.2, 0) is 6.54 Å². The summed E-state index contributed by atoms with van der Waals surface area (Å²) < 4.78 is 1.00. The van der Waals surface area contributed by atoms with Crippen molar-refractivity contribution in [2.45, 2.75) is 6.54 Å². The lowest BCUT2D eigenvalue weighted by Gasteiger charge is -2.10. The van der Waals surface area contributed by atoms with Crippen LogP contribution in [0.15, 0.2) is 71.2 Å². The summed E-state index contributed by atoms with van der Waals surface area (Å²) >= 11 is 3.42. The predicted molar refractivity (Wildman–Crippen MR) is 93.9 cm³/mol. The number of benzene rings is 3. The molecule has 2 amide bonds. The zero-order valence-corrected chi connectivity index (χ0v) is 13.4. The predicted octanol–water partition coefficient (Wildman–Crippen LogP) is 4.92. The second-order valence-corrected chi connectivity index (χ2v) is 5.88. The number of rotatable bonds is 3. The summed E-state index contributed by atoms with van der Waals surface area (Å²) in [6.07, 6.45) is 0. The minimum atomic E-state index is -0.212. The Morgan fingerprint density at radius 1 is 0.955 bits per heavy atom. The molecule has 0 aliphatic rings. The van der Waals surface area contributed by atoms with E-state index in [0.717, 1.165) is 26.5 Å². The van der Waals surface area contributed by atoms with Crippen LogP contribution < -0.4 is 10.6 Å². The molecule has 0 unspecified atom stereocenters. The maximum absolute atomic E-state index is 12.1. The lowest BCUT2D eigenvalue weighted by atomic mass is 10.1. The number of urea groups is 1. The monoisotopic (exact) mass is 354 g/mol. The number of hydrogen-bond acceptors (Lipinski definition) is 1. The van der Waals surface area contributed by atoms with Crippen molar-refractivity contribution in [3.63, 3.8) is 0 Å². The first-order valence-electron chi connectivity index (χ1n) is 6.99. The number of anilines is 1. The van der Waals surface area contributed by atoms with Crippen molar-refractivity contribution < 1.29 is 4.79 Å². The summed E-state index contributed by atoms with van der Waals surface area (Å²) in [6, 6.07) is 21.5. The minimum absolute atomic E-state index is 0.212. The number of fused-ring (bicyclic) bond motifs is 1. The van der Waals surface area contributed by atoms with E-state index < -0.39 is 0 Å². The molecule has 0 saturated carbocycles. The van der Waals surface area contributed by atoms with E-state index in [1.165, 1.54) is 0 Å². The first kappa shape index (κ1) is 14.6. The molecule has 0 spiro atoms. The lowest BCUT2D eigenvalue weighted by molar-refractivity contribution is 0.252. The van der Waals surface area contributed by atoms with Gasteiger partial charge in [-0.05, 0) is 29.1 Å². The third-order valence-electron chi connectivity index (χ3n) is 3.38. The van der Waals surface area contributed by atoms with Gasteiger partial charge in [0, 0.05) is 16.4 Å². The number of carbonyl (C=O) groups excluding carboxylic acids is 1. The molecule has 0 aliphatic heterocycles. The zero-order valence-electron chi connectivity index (χ0n) is 11.8. The Hall–Kier alpha value is -2.33. The van der Waals surface area contributed by atoms with Crippen LogP contribution >= 0.6 is 15.9 Å². The van der Waals surface area contributed by atoms with Gasteiger partial charge in [0.05, 0.1) is 5.69 Å². The molecule has 110 valence electrons. The Labute approximate surface area is 137 Å². The Bertz CT molecular complexity index is 812. The molecular weight excluding hydrogens is 340 g/mol. The molecule has 22 heavy (non-hydrogen) atoms. The van der Waals surface area contributed by atoms with Gasteiger partial charge in [-0.15, -0.1) is 0 Å². The summed E-state index contributed by atoms with van der Waals surface area (Å²) in [5.74, 6) is 0. The fourth-order valence-corrected chi connectivity index (χ4v) is 2.78. The molecule has 0 bridgehead atoms. The lowest BCUT2D eigenvalue weighted by Crippen LogP contribution is -2.28. The van der Waals surface area contributed by atoms with Gasteiger partial charge in [-0.3, -0.25) is 0 Å². The molecule has 0 saturated heterocycles. The van der Waals surface area contributed by atoms with Gasteiger partial charge >= 0.3 is 6.03 Å². The quantitative estimate of drug-likeness (QED) is 0.688. The third-order valence-corrected chi connectivity index (χ3v) is 3.87. The second kappa shape index (κ2) is 6.62. The number of amides is 2. The van der Waals surface area contributed by atoms with Crippen molar-refractivity contribution in [3.8, 4) is 0 Å². The highest BCUT2D eigenvalue weighted by molar-refractivity contribution is 9.10. The Balaban J connectivity index is 1.68. The summed E-state index contributed by atoms with van der Waals surface area (Å²) in [5, 5.41) is 7.91. The maximum Gasteiger partial charge on any atom is 0.319 e. The fraction of sp³-hybridized carbons (Fsp3) is 0.0556. The van der Waals surface area contributed by atoms with Gasteiger partial charge in [-0.1, -0.05) is 64.5 Å². The highest BCUT2D eigenvalue weighted by atomic mass is 79.9. The molecule has 0 aromatic heterocycles. The molecule has 3 nitrogen and oxygen atoms in total. The molecule has 3 aromatic carbocycles. The molecular formula is C18H15BrN2O. The summed E-state index contributed by atoms with van der Waals surface area (Å²) in [4.78, 5) is 12.1. The van der Waals surface area contributed by atoms with Gasteiger partial charge in [0.25, 0.3) is 0 Å². The molecule has 0 radical (unpaired) electrons. The van der Waals surface area contributed by atoms with Crippen LogP contribution in [0.4, 0.5) is 10.5 Å². The zero-order chi connectivity index (χ0) is 15.4. The maximum atomic E-state index is 12.1. The number of carbonyl (C=O) groups is 1. The van der Waals surface area contributed by atoms with Gasteiger partial charge in [0.1, 0.15) is 0 Å². The average molecular weight is 355 g/mol. The normalized spacial score (nSPS) is 10.4. The topological polar surface area (TPSA) is 41.1 Å². The van der Waals surface area contributed by atoms with Crippen LogP contribution in [-0.4, -0.2) is 6.03 Å². The van der Waals surface area contributed by atoms with Crippen LogP contribution in [0.2, 0.25) is 0 Å². The molecule has 0 atom stereocenters. The largest absolute Gasteiger partial charge is 0.334 e. The number of nitrogens with one attached hydrogen (secondary N) is 2. The van der Waals surface area contributed by atoms with E-state index in [9.17, 15) is 4.79 Å². The van der Waals surface area contributed by atoms with Crippen molar-refractivity contribution in [3.05, 3.63) is 76.8 Å². The van der Waals surface area contributed by atoms with Crippen molar-refractivity contribution in [2.24, 2.45) is 0 Å². The second-order valence-electron chi connectivity index (χ2n) is 4.96. The van der Waals surface area contributed by atoms with Gasteiger partial charge in [-0.25, -0.2) is 4.79 Å². The minimum Gasteiger partial charge on any atom is -0.334 e. The SMILES string of the molecule is O=C(NCc1cccc(Br)c1)Nc1cccc2ccccc12. The van der Waals surface area contributed by atoms with E-state index in [1.54, 1.807) is 0 Å². The first-order valence-corrected chi connectivity index (χ1v) is 7.79.